The van der Waals surface area contributed by atoms with Gasteiger partial charge in [0.05, 0.1) is 41.1 Å². The van der Waals surface area contributed by atoms with Crippen molar-refractivity contribution in [3.05, 3.63) is 47.0 Å². The zero-order chi connectivity index (χ0) is 23.6. The lowest BCUT2D eigenvalue weighted by atomic mass is 9.95. The van der Waals surface area contributed by atoms with Gasteiger partial charge in [0.15, 0.2) is 5.88 Å². The van der Waals surface area contributed by atoms with Gasteiger partial charge in [-0.15, -0.1) is 0 Å². The Balaban J connectivity index is 0.000000196. The number of nitrogens with zero attached hydrogens (tertiary/aromatic N) is 1. The number of halogens is 1. The molecule has 8 heteroatoms. The van der Waals surface area contributed by atoms with Crippen LogP contribution in [-0.4, -0.2) is 63.4 Å². The molecule has 3 aliphatic rings. The van der Waals surface area contributed by atoms with E-state index in [2.05, 4.69) is 9.97 Å². The van der Waals surface area contributed by atoms with Crippen LogP contribution in [0.5, 0.6) is 5.88 Å². The summed E-state index contributed by atoms with van der Waals surface area (Å²) in [5.74, 6) is 0.0738. The van der Waals surface area contributed by atoms with Crippen molar-refractivity contribution in [3.8, 4) is 17.1 Å². The summed E-state index contributed by atoms with van der Waals surface area (Å²) in [5.41, 5.74) is 4.12. The number of H-pyrrole nitrogens is 1. The second-order valence-corrected chi connectivity index (χ2v) is 8.89. The summed E-state index contributed by atoms with van der Waals surface area (Å²) in [6, 6.07) is 11.4. The smallest absolute Gasteiger partial charge is 0.190 e. The van der Waals surface area contributed by atoms with E-state index in [-0.39, 0.29) is 36.2 Å². The summed E-state index contributed by atoms with van der Waals surface area (Å²) in [5, 5.41) is 28.7. The average Bonchev–Trinajstić information content (AvgIpc) is 3.13. The van der Waals surface area contributed by atoms with E-state index >= 15 is 0 Å². The first kappa shape index (κ1) is 24.0. The molecule has 4 N–H and O–H groups in total. The highest BCUT2D eigenvalue weighted by atomic mass is 35.5. The van der Waals surface area contributed by atoms with Crippen LogP contribution in [0.25, 0.3) is 22.3 Å². The second-order valence-electron chi connectivity index (χ2n) is 8.49. The van der Waals surface area contributed by atoms with Crippen molar-refractivity contribution in [2.75, 3.05) is 19.8 Å². The lowest BCUT2D eigenvalue weighted by molar-refractivity contribution is 0.0187. The van der Waals surface area contributed by atoms with E-state index in [0.29, 0.717) is 28.4 Å². The average molecular weight is 475 g/mol. The van der Waals surface area contributed by atoms with Gasteiger partial charge in [-0.2, -0.15) is 0 Å². The molecule has 1 unspecified atom stereocenters. The topological polar surface area (TPSA) is 108 Å². The number of aliphatic hydroxyl groups excluding tert-OH is 2. The predicted octanol–water partition coefficient (Wildman–Crippen LogP) is 4.17. The van der Waals surface area contributed by atoms with Crippen LogP contribution in [0.4, 0.5) is 0 Å². The van der Waals surface area contributed by atoms with Crippen LogP contribution >= 0.6 is 11.6 Å². The number of aromatic hydroxyl groups is 1. The van der Waals surface area contributed by atoms with Crippen LogP contribution in [0.3, 0.4) is 0 Å². The van der Waals surface area contributed by atoms with Gasteiger partial charge in [0.2, 0.25) is 0 Å². The molecule has 1 saturated carbocycles. The van der Waals surface area contributed by atoms with E-state index in [1.807, 2.05) is 38.1 Å². The van der Waals surface area contributed by atoms with E-state index in [9.17, 15) is 10.2 Å². The molecule has 33 heavy (non-hydrogen) atoms. The number of benzene rings is 1. The van der Waals surface area contributed by atoms with Gasteiger partial charge in [0.1, 0.15) is 12.2 Å². The van der Waals surface area contributed by atoms with Gasteiger partial charge >= 0.3 is 0 Å². The number of aliphatic hydroxyl groups is 2. The van der Waals surface area contributed by atoms with Gasteiger partial charge in [-0.25, -0.2) is 4.98 Å². The van der Waals surface area contributed by atoms with Crippen molar-refractivity contribution in [1.29, 1.82) is 0 Å². The fraction of sp³-hybridized carbons (Fsp3) is 0.480. The molecular weight excluding hydrogens is 444 g/mol. The van der Waals surface area contributed by atoms with Gasteiger partial charge in [-0.05, 0) is 30.9 Å². The van der Waals surface area contributed by atoms with Crippen LogP contribution in [0.2, 0.25) is 5.02 Å². The molecule has 4 heterocycles. The van der Waals surface area contributed by atoms with Gasteiger partial charge < -0.3 is 29.8 Å². The van der Waals surface area contributed by atoms with Crippen LogP contribution < -0.4 is 0 Å². The summed E-state index contributed by atoms with van der Waals surface area (Å²) < 4.78 is 10.4. The van der Waals surface area contributed by atoms with E-state index in [1.54, 1.807) is 12.1 Å². The number of pyridine rings is 1. The molecule has 3 aromatic rings. The SMILES string of the molecule is CC.OCC1(c2ccc(-c3nc4cc(O)[nH]c4cc3Cl)cc2)CC1.O[C@@H]1CO[C@@H]2CCOC12. The molecular formula is C25H31ClN2O5. The van der Waals surface area contributed by atoms with Gasteiger partial charge in [0.25, 0.3) is 0 Å². The minimum atomic E-state index is -0.377. The Morgan fingerprint density at radius 2 is 1.88 bits per heavy atom. The number of nitrogens with one attached hydrogen (secondary N) is 1. The molecule has 0 amide bonds. The molecule has 6 rings (SSSR count). The minimum Gasteiger partial charge on any atom is -0.495 e. The van der Waals surface area contributed by atoms with E-state index in [4.69, 9.17) is 26.2 Å². The van der Waals surface area contributed by atoms with Crippen LogP contribution in [0.15, 0.2) is 36.4 Å². The maximum absolute atomic E-state index is 9.51. The van der Waals surface area contributed by atoms with Gasteiger partial charge in [0, 0.05) is 23.7 Å². The summed E-state index contributed by atoms with van der Waals surface area (Å²) >= 11 is 6.31. The Bertz CT molecular complexity index is 1080. The highest BCUT2D eigenvalue weighted by Gasteiger charge is 2.43. The maximum Gasteiger partial charge on any atom is 0.190 e. The van der Waals surface area contributed by atoms with E-state index in [1.165, 1.54) is 0 Å². The molecule has 0 bridgehead atoms. The first-order valence-electron chi connectivity index (χ1n) is 11.5. The van der Waals surface area contributed by atoms with Gasteiger partial charge in [-0.3, -0.25) is 0 Å². The lowest BCUT2D eigenvalue weighted by Crippen LogP contribution is -2.26. The molecule has 2 saturated heterocycles. The fourth-order valence-corrected chi connectivity index (χ4v) is 4.60. The van der Waals surface area contributed by atoms with E-state index < -0.39 is 0 Å². The Morgan fingerprint density at radius 3 is 2.52 bits per heavy atom. The quantitative estimate of drug-likeness (QED) is 0.453. The number of fused-ring (bicyclic) bond motifs is 2. The Labute approximate surface area is 198 Å². The zero-order valence-corrected chi connectivity index (χ0v) is 19.7. The van der Waals surface area contributed by atoms with Crippen molar-refractivity contribution in [1.82, 2.24) is 9.97 Å². The number of hydrogen-bond donors (Lipinski definition) is 4. The summed E-state index contributed by atoms with van der Waals surface area (Å²) in [6.07, 6.45) is 2.80. The first-order chi connectivity index (χ1) is 16.0. The van der Waals surface area contributed by atoms with Crippen molar-refractivity contribution in [2.45, 2.75) is 56.8 Å². The molecule has 178 valence electrons. The molecule has 2 aromatic heterocycles. The summed E-state index contributed by atoms with van der Waals surface area (Å²) in [6.45, 7) is 5.39. The minimum absolute atomic E-state index is 0.0231. The Hall–Kier alpha value is -2.16. The molecule has 7 nitrogen and oxygen atoms in total. The van der Waals surface area contributed by atoms with Crippen molar-refractivity contribution in [2.24, 2.45) is 0 Å². The molecule has 1 aliphatic carbocycles. The molecule has 3 fully saturated rings. The van der Waals surface area contributed by atoms with Crippen molar-refractivity contribution < 1.29 is 24.8 Å². The number of hydrogen-bond acceptors (Lipinski definition) is 6. The lowest BCUT2D eigenvalue weighted by Gasteiger charge is -2.13. The molecule has 0 spiro atoms. The highest BCUT2D eigenvalue weighted by Crippen LogP contribution is 2.48. The van der Waals surface area contributed by atoms with E-state index in [0.717, 1.165) is 37.0 Å². The van der Waals surface area contributed by atoms with Gasteiger partial charge in [-0.1, -0.05) is 49.7 Å². The number of ether oxygens (including phenoxy) is 2. The Morgan fingerprint density at radius 1 is 1.15 bits per heavy atom. The summed E-state index contributed by atoms with van der Waals surface area (Å²) in [7, 11) is 0. The number of aromatic amines is 1. The molecule has 3 atom stereocenters. The largest absolute Gasteiger partial charge is 0.495 e. The maximum atomic E-state index is 9.51. The zero-order valence-electron chi connectivity index (χ0n) is 18.9. The Kier molecular flexibility index (Phi) is 7.26. The number of rotatable bonds is 3. The van der Waals surface area contributed by atoms with Crippen LogP contribution in [0, 0.1) is 0 Å². The monoisotopic (exact) mass is 474 g/mol. The van der Waals surface area contributed by atoms with Crippen molar-refractivity contribution >= 4 is 22.6 Å². The number of aromatic nitrogens is 2. The fourth-order valence-electron chi connectivity index (χ4n) is 4.34. The first-order valence-corrected chi connectivity index (χ1v) is 11.9. The van der Waals surface area contributed by atoms with Crippen molar-refractivity contribution in [3.63, 3.8) is 0 Å². The standard InChI is InChI=1S/C17H15ClN2O2.C6H10O3.C2H6/c18-12-7-13-14(8-15(22)19-13)20-16(12)10-1-3-11(4-2-10)17(9-21)5-6-17;7-4-3-9-5-1-2-8-6(4)5;1-2/h1-4,7-8,19,21-22H,5-6,9H2;4-7H,1-3H2;1-2H3/t;4-,5-,6?;/m.1./s1. The molecule has 2 aliphatic heterocycles. The third kappa shape index (κ3) is 4.88. The van der Waals surface area contributed by atoms with Crippen LogP contribution in [-0.2, 0) is 14.9 Å². The van der Waals surface area contributed by atoms with Crippen LogP contribution in [0.1, 0.15) is 38.7 Å². The highest BCUT2D eigenvalue weighted by molar-refractivity contribution is 6.33. The second kappa shape index (κ2) is 9.99. The third-order valence-corrected chi connectivity index (χ3v) is 6.70. The third-order valence-electron chi connectivity index (χ3n) is 6.41. The normalized spacial score (nSPS) is 24.5. The summed E-state index contributed by atoms with van der Waals surface area (Å²) in [4.78, 5) is 7.32. The molecule has 1 aromatic carbocycles. The predicted molar refractivity (Wildman–Crippen MR) is 128 cm³/mol. The molecule has 0 radical (unpaired) electrons.